The molecule has 1 aromatic heterocycles. The van der Waals surface area contributed by atoms with Crippen LogP contribution in [0, 0.1) is 18.8 Å². The lowest BCUT2D eigenvalue weighted by molar-refractivity contribution is 0.300. The summed E-state index contributed by atoms with van der Waals surface area (Å²) < 4.78 is 5.20. The molecule has 1 aromatic rings. The Hall–Kier alpha value is -1.32. The number of hydrogen-bond acceptors (Lipinski definition) is 4. The highest BCUT2D eigenvalue weighted by molar-refractivity contribution is 5.47. The zero-order valence-corrected chi connectivity index (χ0v) is 11.6. The summed E-state index contributed by atoms with van der Waals surface area (Å²) >= 11 is 0. The van der Waals surface area contributed by atoms with E-state index in [2.05, 4.69) is 22.2 Å². The monoisotopic (exact) mass is 249 g/mol. The maximum Gasteiger partial charge on any atom is 0.221 e. The van der Waals surface area contributed by atoms with Gasteiger partial charge in [-0.2, -0.15) is 0 Å². The number of nitrogens with one attached hydrogen (secondary N) is 1. The Kier molecular flexibility index (Phi) is 4.39. The van der Waals surface area contributed by atoms with Crippen LogP contribution in [0.5, 0.6) is 5.88 Å². The van der Waals surface area contributed by atoms with Crippen LogP contribution in [0.15, 0.2) is 6.33 Å². The van der Waals surface area contributed by atoms with E-state index in [0.717, 1.165) is 29.8 Å². The SMILES string of the molecule is COc1ncnc(NCC2CCC(C)CC2)c1C. The average Bonchev–Trinajstić information content (AvgIpc) is 2.39. The molecule has 1 heterocycles. The van der Waals surface area contributed by atoms with Crippen LogP contribution >= 0.6 is 0 Å². The van der Waals surface area contributed by atoms with E-state index in [1.54, 1.807) is 13.4 Å². The van der Waals surface area contributed by atoms with Crippen molar-refractivity contribution in [3.05, 3.63) is 11.9 Å². The first-order chi connectivity index (χ1) is 8.70. The van der Waals surface area contributed by atoms with Crippen LogP contribution in [0.2, 0.25) is 0 Å². The van der Waals surface area contributed by atoms with Gasteiger partial charge in [-0.25, -0.2) is 9.97 Å². The van der Waals surface area contributed by atoms with Crippen LogP contribution in [0.1, 0.15) is 38.2 Å². The molecule has 0 aliphatic heterocycles. The van der Waals surface area contributed by atoms with E-state index in [0.29, 0.717) is 5.88 Å². The van der Waals surface area contributed by atoms with Gasteiger partial charge in [0.05, 0.1) is 12.7 Å². The van der Waals surface area contributed by atoms with Gasteiger partial charge in [0, 0.05) is 6.54 Å². The van der Waals surface area contributed by atoms with Gasteiger partial charge in [0.15, 0.2) is 0 Å². The van der Waals surface area contributed by atoms with E-state index < -0.39 is 0 Å². The molecule has 1 aliphatic rings. The van der Waals surface area contributed by atoms with Crippen LogP contribution in [-0.4, -0.2) is 23.6 Å². The highest BCUT2D eigenvalue weighted by atomic mass is 16.5. The van der Waals surface area contributed by atoms with Crippen molar-refractivity contribution in [2.75, 3.05) is 19.0 Å². The molecule has 0 aromatic carbocycles. The van der Waals surface area contributed by atoms with E-state index in [4.69, 9.17) is 4.74 Å². The Bertz CT molecular complexity index is 387. The van der Waals surface area contributed by atoms with Crippen LogP contribution in [0.4, 0.5) is 5.82 Å². The molecule has 18 heavy (non-hydrogen) atoms. The first-order valence-electron chi connectivity index (χ1n) is 6.80. The predicted octanol–water partition coefficient (Wildman–Crippen LogP) is 3.03. The number of nitrogens with zero attached hydrogens (tertiary/aromatic N) is 2. The van der Waals surface area contributed by atoms with Crippen molar-refractivity contribution in [2.45, 2.75) is 39.5 Å². The second kappa shape index (κ2) is 6.03. The third kappa shape index (κ3) is 3.12. The van der Waals surface area contributed by atoms with Gasteiger partial charge in [0.1, 0.15) is 12.1 Å². The molecule has 100 valence electrons. The van der Waals surface area contributed by atoms with Gasteiger partial charge in [0.2, 0.25) is 5.88 Å². The summed E-state index contributed by atoms with van der Waals surface area (Å²) in [6.07, 6.45) is 6.93. The lowest BCUT2D eigenvalue weighted by Crippen LogP contribution is -2.21. The minimum atomic E-state index is 0.657. The van der Waals surface area contributed by atoms with Crippen LogP contribution in [0.3, 0.4) is 0 Å². The lowest BCUT2D eigenvalue weighted by atomic mass is 9.83. The molecule has 0 bridgehead atoms. The molecule has 1 fully saturated rings. The summed E-state index contributed by atoms with van der Waals surface area (Å²) in [5.74, 6) is 3.24. The molecule has 2 rings (SSSR count). The number of ether oxygens (including phenoxy) is 1. The summed E-state index contributed by atoms with van der Waals surface area (Å²) in [7, 11) is 1.64. The van der Waals surface area contributed by atoms with E-state index in [-0.39, 0.29) is 0 Å². The minimum Gasteiger partial charge on any atom is -0.481 e. The number of methoxy groups -OCH3 is 1. The molecule has 0 unspecified atom stereocenters. The predicted molar refractivity (Wildman–Crippen MR) is 72.9 cm³/mol. The van der Waals surface area contributed by atoms with Crippen LogP contribution < -0.4 is 10.1 Å². The summed E-state index contributed by atoms with van der Waals surface area (Å²) in [6, 6.07) is 0. The quantitative estimate of drug-likeness (QED) is 0.891. The van der Waals surface area contributed by atoms with Gasteiger partial charge in [-0.05, 0) is 31.6 Å². The Balaban J connectivity index is 1.90. The Morgan fingerprint density at radius 2 is 2.00 bits per heavy atom. The summed E-state index contributed by atoms with van der Waals surface area (Å²) in [6.45, 7) is 5.35. The number of anilines is 1. The van der Waals surface area contributed by atoms with Gasteiger partial charge in [-0.15, -0.1) is 0 Å². The molecule has 0 radical (unpaired) electrons. The smallest absolute Gasteiger partial charge is 0.221 e. The van der Waals surface area contributed by atoms with E-state index >= 15 is 0 Å². The third-order valence-electron chi connectivity index (χ3n) is 3.92. The minimum absolute atomic E-state index is 0.657. The molecule has 1 aliphatic carbocycles. The fraction of sp³-hybridized carbons (Fsp3) is 0.714. The zero-order valence-electron chi connectivity index (χ0n) is 11.6. The third-order valence-corrected chi connectivity index (χ3v) is 3.92. The first kappa shape index (κ1) is 13.1. The molecule has 0 saturated heterocycles. The maximum atomic E-state index is 5.20. The normalized spacial score (nSPS) is 23.7. The van der Waals surface area contributed by atoms with Gasteiger partial charge >= 0.3 is 0 Å². The standard InChI is InChI=1S/C14H23N3O/c1-10-4-6-12(7-5-10)8-15-13-11(2)14(18-3)17-9-16-13/h9-10,12H,4-8H2,1-3H3,(H,15,16,17). The molecule has 0 spiro atoms. The lowest BCUT2D eigenvalue weighted by Gasteiger charge is -2.26. The van der Waals surface area contributed by atoms with E-state index in [1.165, 1.54) is 25.7 Å². The van der Waals surface area contributed by atoms with Crippen molar-refractivity contribution in [1.29, 1.82) is 0 Å². The van der Waals surface area contributed by atoms with Gasteiger partial charge in [-0.3, -0.25) is 0 Å². The van der Waals surface area contributed by atoms with Crippen molar-refractivity contribution in [3.63, 3.8) is 0 Å². The van der Waals surface area contributed by atoms with E-state index in [1.807, 2.05) is 6.92 Å². The maximum absolute atomic E-state index is 5.20. The molecule has 1 N–H and O–H groups in total. The highest BCUT2D eigenvalue weighted by Crippen LogP contribution is 2.29. The highest BCUT2D eigenvalue weighted by Gasteiger charge is 2.18. The summed E-state index contributed by atoms with van der Waals surface area (Å²) in [5.41, 5.74) is 0.990. The molecule has 4 nitrogen and oxygen atoms in total. The number of rotatable bonds is 4. The van der Waals surface area contributed by atoms with Crippen molar-refractivity contribution in [1.82, 2.24) is 9.97 Å². The zero-order chi connectivity index (χ0) is 13.0. The van der Waals surface area contributed by atoms with Crippen molar-refractivity contribution >= 4 is 5.82 Å². The largest absolute Gasteiger partial charge is 0.481 e. The van der Waals surface area contributed by atoms with Gasteiger partial charge in [0.25, 0.3) is 0 Å². The fourth-order valence-corrected chi connectivity index (χ4v) is 2.59. The summed E-state index contributed by atoms with van der Waals surface area (Å²) in [4.78, 5) is 8.37. The Morgan fingerprint density at radius 1 is 1.28 bits per heavy atom. The topological polar surface area (TPSA) is 47.0 Å². The van der Waals surface area contributed by atoms with Crippen molar-refractivity contribution in [3.8, 4) is 5.88 Å². The van der Waals surface area contributed by atoms with Crippen LogP contribution in [0.25, 0.3) is 0 Å². The average molecular weight is 249 g/mol. The van der Waals surface area contributed by atoms with Crippen molar-refractivity contribution < 1.29 is 4.74 Å². The van der Waals surface area contributed by atoms with Gasteiger partial charge < -0.3 is 10.1 Å². The second-order valence-corrected chi connectivity index (χ2v) is 5.36. The number of hydrogen-bond donors (Lipinski definition) is 1. The molecule has 4 heteroatoms. The van der Waals surface area contributed by atoms with E-state index in [9.17, 15) is 0 Å². The molecular weight excluding hydrogens is 226 g/mol. The number of aromatic nitrogens is 2. The van der Waals surface area contributed by atoms with Gasteiger partial charge in [-0.1, -0.05) is 19.8 Å². The molecule has 0 atom stereocenters. The van der Waals surface area contributed by atoms with Crippen LogP contribution in [-0.2, 0) is 0 Å². The molecule has 0 amide bonds. The Labute approximate surface area is 109 Å². The fourth-order valence-electron chi connectivity index (χ4n) is 2.59. The second-order valence-electron chi connectivity index (χ2n) is 5.36. The van der Waals surface area contributed by atoms with Crippen molar-refractivity contribution in [2.24, 2.45) is 11.8 Å². The first-order valence-corrected chi connectivity index (χ1v) is 6.80. The molecule has 1 saturated carbocycles. The Morgan fingerprint density at radius 3 is 2.67 bits per heavy atom. The molecular formula is C14H23N3O. The summed E-state index contributed by atoms with van der Waals surface area (Å²) in [5, 5.41) is 3.44.